The molecule has 1 heteroatoms. The monoisotopic (exact) mass is 160 g/mol. The van der Waals surface area contributed by atoms with Crippen molar-refractivity contribution in [2.75, 3.05) is 0 Å². The number of allylic oxidation sites excluding steroid dienone is 1. The predicted octanol–water partition coefficient (Wildman–Crippen LogP) is 3.14. The Morgan fingerprint density at radius 2 is 1.75 bits per heavy atom. The van der Waals surface area contributed by atoms with Gasteiger partial charge in [-0.2, -0.15) is 0 Å². The Bertz CT molecular complexity index is 292. The van der Waals surface area contributed by atoms with Gasteiger partial charge >= 0.3 is 0 Å². The van der Waals surface area contributed by atoms with Gasteiger partial charge in [0.2, 0.25) is 0 Å². The van der Waals surface area contributed by atoms with Gasteiger partial charge in [-0.25, -0.2) is 0 Å². The smallest absolute Gasteiger partial charge is 0.121 e. The van der Waals surface area contributed by atoms with Gasteiger partial charge in [0.05, 0.1) is 0 Å². The van der Waals surface area contributed by atoms with Crippen LogP contribution in [0.1, 0.15) is 24.8 Å². The summed E-state index contributed by atoms with van der Waals surface area (Å²) in [5.41, 5.74) is 2.16. The highest BCUT2D eigenvalue weighted by atomic mass is 16.3. The van der Waals surface area contributed by atoms with E-state index in [1.807, 2.05) is 30.3 Å². The van der Waals surface area contributed by atoms with Gasteiger partial charge in [0.1, 0.15) is 5.76 Å². The summed E-state index contributed by atoms with van der Waals surface area (Å²) in [4.78, 5) is 0. The van der Waals surface area contributed by atoms with Crippen LogP contribution in [-0.4, -0.2) is 5.11 Å². The zero-order valence-corrected chi connectivity index (χ0v) is 6.96. The molecule has 0 heterocycles. The van der Waals surface area contributed by atoms with E-state index in [0.29, 0.717) is 5.76 Å². The molecule has 0 saturated heterocycles. The molecule has 0 atom stereocenters. The van der Waals surface area contributed by atoms with Crippen molar-refractivity contribution in [2.45, 2.75) is 19.3 Å². The number of rotatable bonds is 1. The molecule has 2 rings (SSSR count). The van der Waals surface area contributed by atoms with E-state index in [-0.39, 0.29) is 0 Å². The van der Waals surface area contributed by atoms with E-state index >= 15 is 0 Å². The van der Waals surface area contributed by atoms with Gasteiger partial charge in [0.25, 0.3) is 0 Å². The lowest BCUT2D eigenvalue weighted by atomic mass is 9.89. The first-order valence-electron chi connectivity index (χ1n) is 4.34. The topological polar surface area (TPSA) is 20.2 Å². The summed E-state index contributed by atoms with van der Waals surface area (Å²) in [6.07, 6.45) is 3.37. The molecule has 0 aliphatic heterocycles. The van der Waals surface area contributed by atoms with Crippen LogP contribution in [0.2, 0.25) is 0 Å². The molecular formula is C11H12O. The number of hydrogen-bond donors (Lipinski definition) is 1. The van der Waals surface area contributed by atoms with Gasteiger partial charge in [-0.3, -0.25) is 0 Å². The summed E-state index contributed by atoms with van der Waals surface area (Å²) in [6, 6.07) is 9.75. The second-order valence-electron chi connectivity index (χ2n) is 3.17. The third kappa shape index (κ3) is 1.22. The summed E-state index contributed by atoms with van der Waals surface area (Å²) in [5.74, 6) is 0.502. The molecule has 1 N–H and O–H groups in total. The van der Waals surface area contributed by atoms with Crippen LogP contribution in [0, 0.1) is 0 Å². The third-order valence-electron chi connectivity index (χ3n) is 2.34. The maximum Gasteiger partial charge on any atom is 0.121 e. The van der Waals surface area contributed by atoms with Gasteiger partial charge < -0.3 is 5.11 Å². The maximum absolute atomic E-state index is 9.72. The van der Waals surface area contributed by atoms with E-state index in [9.17, 15) is 5.11 Å². The lowest BCUT2D eigenvalue weighted by Gasteiger charge is -2.18. The van der Waals surface area contributed by atoms with Crippen LogP contribution in [0.4, 0.5) is 0 Å². The molecule has 0 radical (unpaired) electrons. The minimum Gasteiger partial charge on any atom is -0.507 e. The molecule has 1 saturated carbocycles. The fourth-order valence-electron chi connectivity index (χ4n) is 1.39. The fourth-order valence-corrected chi connectivity index (χ4v) is 1.39. The summed E-state index contributed by atoms with van der Waals surface area (Å²) < 4.78 is 0. The van der Waals surface area contributed by atoms with Crippen molar-refractivity contribution in [3.05, 3.63) is 41.5 Å². The SMILES string of the molecule is OC(=C1CCC1)c1ccccc1. The van der Waals surface area contributed by atoms with E-state index in [1.165, 1.54) is 12.0 Å². The molecule has 0 bridgehead atoms. The molecule has 0 aromatic heterocycles. The van der Waals surface area contributed by atoms with Crippen molar-refractivity contribution < 1.29 is 5.11 Å². The van der Waals surface area contributed by atoms with Crippen LogP contribution in [0.15, 0.2) is 35.9 Å². The largest absolute Gasteiger partial charge is 0.507 e. The van der Waals surface area contributed by atoms with Crippen molar-refractivity contribution >= 4 is 5.76 Å². The number of aliphatic hydroxyl groups excluding tert-OH is 1. The minimum absolute atomic E-state index is 0.502. The molecule has 0 amide bonds. The van der Waals surface area contributed by atoms with Crippen LogP contribution in [0.3, 0.4) is 0 Å². The number of benzene rings is 1. The molecular weight excluding hydrogens is 148 g/mol. The van der Waals surface area contributed by atoms with Gasteiger partial charge in [-0.15, -0.1) is 0 Å². The molecule has 1 aromatic rings. The van der Waals surface area contributed by atoms with Crippen LogP contribution >= 0.6 is 0 Å². The first-order valence-corrected chi connectivity index (χ1v) is 4.34. The summed E-state index contributed by atoms with van der Waals surface area (Å²) in [5, 5.41) is 9.72. The van der Waals surface area contributed by atoms with Crippen molar-refractivity contribution in [1.82, 2.24) is 0 Å². The van der Waals surface area contributed by atoms with E-state index in [0.717, 1.165) is 18.4 Å². The average Bonchev–Trinajstić information content (AvgIpc) is 2.03. The fraction of sp³-hybridized carbons (Fsp3) is 0.273. The van der Waals surface area contributed by atoms with Gasteiger partial charge in [0.15, 0.2) is 0 Å². The van der Waals surface area contributed by atoms with Gasteiger partial charge in [-0.05, 0) is 24.8 Å². The lowest BCUT2D eigenvalue weighted by Crippen LogP contribution is -2.00. The van der Waals surface area contributed by atoms with Gasteiger partial charge in [-0.1, -0.05) is 30.3 Å². The Morgan fingerprint density at radius 1 is 1.08 bits per heavy atom. The Kier molecular flexibility index (Phi) is 1.86. The highest BCUT2D eigenvalue weighted by Crippen LogP contribution is 2.31. The highest BCUT2D eigenvalue weighted by Gasteiger charge is 2.14. The molecule has 0 unspecified atom stereocenters. The molecule has 1 aliphatic carbocycles. The number of aliphatic hydroxyl groups is 1. The second kappa shape index (κ2) is 3.02. The lowest BCUT2D eigenvalue weighted by molar-refractivity contribution is 0.486. The first kappa shape index (κ1) is 7.41. The molecule has 12 heavy (non-hydrogen) atoms. The van der Waals surface area contributed by atoms with E-state index < -0.39 is 0 Å². The van der Waals surface area contributed by atoms with Crippen molar-refractivity contribution in [3.63, 3.8) is 0 Å². The van der Waals surface area contributed by atoms with Crippen LogP contribution in [0.25, 0.3) is 5.76 Å². The maximum atomic E-state index is 9.72. The van der Waals surface area contributed by atoms with Crippen LogP contribution in [0.5, 0.6) is 0 Å². The van der Waals surface area contributed by atoms with Crippen LogP contribution < -0.4 is 0 Å². The molecule has 1 fully saturated rings. The average molecular weight is 160 g/mol. The van der Waals surface area contributed by atoms with E-state index in [2.05, 4.69) is 0 Å². The summed E-state index contributed by atoms with van der Waals surface area (Å²) in [7, 11) is 0. The normalized spacial score (nSPS) is 15.5. The van der Waals surface area contributed by atoms with Crippen molar-refractivity contribution in [1.29, 1.82) is 0 Å². The Morgan fingerprint density at radius 3 is 2.25 bits per heavy atom. The van der Waals surface area contributed by atoms with Gasteiger partial charge in [0, 0.05) is 5.56 Å². The van der Waals surface area contributed by atoms with Crippen molar-refractivity contribution in [2.24, 2.45) is 0 Å². The number of hydrogen-bond acceptors (Lipinski definition) is 1. The van der Waals surface area contributed by atoms with E-state index in [4.69, 9.17) is 0 Å². The Hall–Kier alpha value is -1.24. The zero-order valence-electron chi connectivity index (χ0n) is 6.96. The van der Waals surface area contributed by atoms with Crippen molar-refractivity contribution in [3.8, 4) is 0 Å². The minimum atomic E-state index is 0.502. The molecule has 62 valence electrons. The zero-order chi connectivity index (χ0) is 8.39. The Balaban J connectivity index is 2.31. The Labute approximate surface area is 72.4 Å². The summed E-state index contributed by atoms with van der Waals surface area (Å²) >= 11 is 0. The third-order valence-corrected chi connectivity index (χ3v) is 2.34. The molecule has 1 nitrogen and oxygen atoms in total. The molecule has 1 aromatic carbocycles. The second-order valence-corrected chi connectivity index (χ2v) is 3.17. The van der Waals surface area contributed by atoms with E-state index in [1.54, 1.807) is 0 Å². The standard InChI is InChI=1S/C11H12O/c12-11(10-7-4-8-10)9-5-2-1-3-6-9/h1-3,5-6,12H,4,7-8H2. The molecule has 1 aliphatic rings. The predicted molar refractivity (Wildman–Crippen MR) is 49.8 cm³/mol. The highest BCUT2D eigenvalue weighted by molar-refractivity contribution is 5.62. The van der Waals surface area contributed by atoms with Crippen LogP contribution in [-0.2, 0) is 0 Å². The summed E-state index contributed by atoms with van der Waals surface area (Å²) in [6.45, 7) is 0. The quantitative estimate of drug-likeness (QED) is 0.626. The first-order chi connectivity index (χ1) is 5.88. The molecule has 0 spiro atoms.